The molecule has 0 aliphatic carbocycles. The van der Waals surface area contributed by atoms with Crippen LogP contribution < -0.4 is 15.5 Å². The van der Waals surface area contributed by atoms with Crippen LogP contribution in [0.15, 0.2) is 24.4 Å². The first-order valence-electron chi connectivity index (χ1n) is 11.0. The van der Waals surface area contributed by atoms with Crippen LogP contribution >= 0.6 is 0 Å². The topological polar surface area (TPSA) is 95.4 Å². The number of carbonyl (C=O) groups is 2. The van der Waals surface area contributed by atoms with Crippen LogP contribution in [0.25, 0.3) is 11.0 Å². The van der Waals surface area contributed by atoms with Gasteiger partial charge in [0.25, 0.3) is 5.91 Å². The Balaban J connectivity index is 1.62. The molecule has 4 rings (SSSR count). The van der Waals surface area contributed by atoms with Crippen molar-refractivity contribution >= 4 is 34.3 Å². The summed E-state index contributed by atoms with van der Waals surface area (Å²) in [6.45, 7) is 6.08. The summed E-state index contributed by atoms with van der Waals surface area (Å²) in [5.74, 6) is -0.711. The minimum Gasteiger partial charge on any atom is -0.368 e. The number of nitrogens with one attached hydrogen (secondary N) is 2. The molecule has 9 nitrogen and oxygen atoms in total. The van der Waals surface area contributed by atoms with E-state index in [0.29, 0.717) is 30.1 Å². The van der Waals surface area contributed by atoms with Crippen molar-refractivity contribution in [3.05, 3.63) is 46.8 Å². The maximum Gasteiger partial charge on any atom is 0.416 e. The molecule has 0 bridgehead atoms. The lowest BCUT2D eigenvalue weighted by molar-refractivity contribution is -0.138. The molecule has 1 aliphatic heterocycles. The number of likely N-dealkylation sites (N-methyl/N-ethyl adjacent to an activating group) is 1. The number of nitrogens with zero attached hydrogens (tertiary/aromatic N) is 5. The maximum atomic E-state index is 13.2. The molecule has 2 aromatic heterocycles. The van der Waals surface area contributed by atoms with E-state index in [1.54, 1.807) is 11.7 Å². The quantitative estimate of drug-likeness (QED) is 0.586. The molecule has 35 heavy (non-hydrogen) atoms. The second kappa shape index (κ2) is 9.17. The summed E-state index contributed by atoms with van der Waals surface area (Å²) in [6, 6.07) is 2.49. The number of imide groups is 1. The summed E-state index contributed by atoms with van der Waals surface area (Å²) in [5, 5.41) is 9.68. The molecule has 0 radical (unpaired) electrons. The number of fused-ring (bicyclic) bond motifs is 1. The van der Waals surface area contributed by atoms with Crippen LogP contribution in [0.5, 0.6) is 0 Å². The highest BCUT2D eigenvalue weighted by molar-refractivity contribution is 6.13. The highest BCUT2D eigenvalue weighted by atomic mass is 19.4. The van der Waals surface area contributed by atoms with Crippen molar-refractivity contribution in [2.24, 2.45) is 7.05 Å². The third kappa shape index (κ3) is 4.92. The van der Waals surface area contributed by atoms with Crippen molar-refractivity contribution in [2.75, 3.05) is 43.4 Å². The second-order valence-corrected chi connectivity index (χ2v) is 8.65. The molecule has 1 saturated heterocycles. The van der Waals surface area contributed by atoms with E-state index in [9.17, 15) is 22.8 Å². The van der Waals surface area contributed by atoms with Crippen molar-refractivity contribution in [1.29, 1.82) is 0 Å². The number of aryl methyl sites for hydroxylation is 3. The number of rotatable bonds is 3. The van der Waals surface area contributed by atoms with Gasteiger partial charge in [-0.3, -0.25) is 14.8 Å². The highest BCUT2D eigenvalue weighted by Gasteiger charge is 2.33. The van der Waals surface area contributed by atoms with E-state index in [0.717, 1.165) is 24.5 Å². The molecule has 1 aromatic carbocycles. The molecule has 1 fully saturated rings. The molecule has 0 saturated carbocycles. The van der Waals surface area contributed by atoms with E-state index in [4.69, 9.17) is 0 Å². The number of alkyl halides is 3. The Morgan fingerprint density at radius 3 is 2.40 bits per heavy atom. The molecule has 0 atom stereocenters. The Hall–Kier alpha value is -3.67. The van der Waals surface area contributed by atoms with Gasteiger partial charge in [0.05, 0.1) is 27.9 Å². The summed E-state index contributed by atoms with van der Waals surface area (Å²) in [4.78, 5) is 34.3. The van der Waals surface area contributed by atoms with Gasteiger partial charge in [-0.2, -0.15) is 18.3 Å². The van der Waals surface area contributed by atoms with Crippen molar-refractivity contribution < 1.29 is 22.8 Å². The lowest BCUT2D eigenvalue weighted by Gasteiger charge is -2.35. The van der Waals surface area contributed by atoms with Crippen LogP contribution in [0, 0.1) is 13.8 Å². The van der Waals surface area contributed by atoms with Gasteiger partial charge in [-0.1, -0.05) is 6.07 Å². The molecule has 2 N–H and O–H groups in total. The SMILES string of the molecule is Cc1ccc(NC(=O)NC(=O)c2cnc3c(c(C)nn3C)c2N2CCN(C)CC2)cc1C(F)(F)F. The maximum absolute atomic E-state index is 13.2. The van der Waals surface area contributed by atoms with Gasteiger partial charge in [-0.25, -0.2) is 9.78 Å². The van der Waals surface area contributed by atoms with Crippen LogP contribution in [0.3, 0.4) is 0 Å². The standard InChI is InChI=1S/C23H26F3N7O2/c1-13-5-6-15(11-17(13)23(24,25)26)28-22(35)29-21(34)16-12-27-20-18(14(2)30-32(20)4)19(16)33-9-7-31(3)8-10-33/h5-6,11-12H,7-10H2,1-4H3,(H2,28,29,34,35). The van der Waals surface area contributed by atoms with Gasteiger partial charge in [0.2, 0.25) is 0 Å². The normalized spacial score (nSPS) is 14.9. The lowest BCUT2D eigenvalue weighted by Crippen LogP contribution is -2.45. The van der Waals surface area contributed by atoms with E-state index < -0.39 is 23.7 Å². The van der Waals surface area contributed by atoms with Crippen LogP contribution in [0.4, 0.5) is 29.3 Å². The summed E-state index contributed by atoms with van der Waals surface area (Å²) in [7, 11) is 3.78. The summed E-state index contributed by atoms with van der Waals surface area (Å²) >= 11 is 0. The monoisotopic (exact) mass is 489 g/mol. The third-order valence-corrected chi connectivity index (χ3v) is 6.09. The number of halogens is 3. The number of amides is 3. The first-order chi connectivity index (χ1) is 16.5. The van der Waals surface area contributed by atoms with Crippen molar-refractivity contribution in [1.82, 2.24) is 25.0 Å². The summed E-state index contributed by atoms with van der Waals surface area (Å²) < 4.78 is 41.2. The van der Waals surface area contributed by atoms with Gasteiger partial charge < -0.3 is 15.1 Å². The predicted molar refractivity (Wildman–Crippen MR) is 126 cm³/mol. The molecule has 3 aromatic rings. The fourth-order valence-corrected chi connectivity index (χ4v) is 4.26. The first-order valence-corrected chi connectivity index (χ1v) is 11.0. The average Bonchev–Trinajstić information content (AvgIpc) is 3.07. The van der Waals surface area contributed by atoms with Crippen molar-refractivity contribution in [2.45, 2.75) is 20.0 Å². The number of urea groups is 1. The third-order valence-electron chi connectivity index (χ3n) is 6.09. The van der Waals surface area contributed by atoms with Crippen LogP contribution in [-0.2, 0) is 13.2 Å². The molecule has 1 aliphatic rings. The van der Waals surface area contributed by atoms with Crippen molar-refractivity contribution in [3.8, 4) is 0 Å². The van der Waals surface area contributed by atoms with Crippen LogP contribution in [0.1, 0.15) is 27.2 Å². The number of anilines is 2. The molecule has 0 spiro atoms. The Kier molecular flexibility index (Phi) is 6.41. The highest BCUT2D eigenvalue weighted by Crippen LogP contribution is 2.34. The molecule has 186 valence electrons. The number of pyridine rings is 1. The number of benzene rings is 1. The molecule has 0 unspecified atom stereocenters. The van der Waals surface area contributed by atoms with Gasteiger partial charge in [0, 0.05) is 45.1 Å². The van der Waals surface area contributed by atoms with E-state index in [1.807, 2.05) is 14.0 Å². The molecule has 3 amide bonds. The molecule has 3 heterocycles. The number of hydrogen-bond donors (Lipinski definition) is 2. The van der Waals surface area contributed by atoms with E-state index in [2.05, 4.69) is 30.5 Å². The lowest BCUT2D eigenvalue weighted by atomic mass is 10.1. The fourth-order valence-electron chi connectivity index (χ4n) is 4.26. The van der Waals surface area contributed by atoms with Gasteiger partial charge in [-0.15, -0.1) is 0 Å². The Morgan fingerprint density at radius 1 is 1.06 bits per heavy atom. The Bertz CT molecular complexity index is 1290. The van der Waals surface area contributed by atoms with Gasteiger partial charge >= 0.3 is 12.2 Å². The van der Waals surface area contributed by atoms with Gasteiger partial charge in [0.1, 0.15) is 0 Å². The molecular weight excluding hydrogens is 463 g/mol. The minimum absolute atomic E-state index is 0.0302. The van der Waals surface area contributed by atoms with E-state index in [-0.39, 0.29) is 16.8 Å². The van der Waals surface area contributed by atoms with Gasteiger partial charge in [0.15, 0.2) is 5.65 Å². The number of carbonyl (C=O) groups excluding carboxylic acids is 2. The Morgan fingerprint density at radius 2 is 1.74 bits per heavy atom. The van der Waals surface area contributed by atoms with Crippen molar-refractivity contribution in [3.63, 3.8) is 0 Å². The second-order valence-electron chi connectivity index (χ2n) is 8.65. The first kappa shape index (κ1) is 24.5. The minimum atomic E-state index is -4.56. The fraction of sp³-hybridized carbons (Fsp3) is 0.391. The van der Waals surface area contributed by atoms with E-state index >= 15 is 0 Å². The largest absolute Gasteiger partial charge is 0.416 e. The zero-order chi connectivity index (χ0) is 25.5. The van der Waals surface area contributed by atoms with Crippen LogP contribution in [0.2, 0.25) is 0 Å². The van der Waals surface area contributed by atoms with Crippen LogP contribution in [-0.4, -0.2) is 64.8 Å². The average molecular weight is 490 g/mol. The number of hydrogen-bond acceptors (Lipinski definition) is 6. The zero-order valence-corrected chi connectivity index (χ0v) is 19.8. The van der Waals surface area contributed by atoms with E-state index in [1.165, 1.54) is 25.3 Å². The zero-order valence-electron chi connectivity index (χ0n) is 19.8. The summed E-state index contributed by atoms with van der Waals surface area (Å²) in [6.07, 6.45) is -3.17. The molecular formula is C23H26F3N7O2. The summed E-state index contributed by atoms with van der Waals surface area (Å²) in [5.41, 5.74) is 1.22. The van der Waals surface area contributed by atoms with Gasteiger partial charge in [-0.05, 0) is 38.6 Å². The number of piperazine rings is 1. The predicted octanol–water partition coefficient (Wildman–Crippen LogP) is 3.32. The smallest absolute Gasteiger partial charge is 0.368 e. The number of aromatic nitrogens is 3. The Labute approximate surface area is 199 Å². The molecule has 12 heteroatoms.